The van der Waals surface area contributed by atoms with Crippen molar-refractivity contribution < 1.29 is 9.59 Å². The van der Waals surface area contributed by atoms with E-state index in [1.807, 2.05) is 13.0 Å². The highest BCUT2D eigenvalue weighted by molar-refractivity contribution is 6.07. The van der Waals surface area contributed by atoms with Crippen molar-refractivity contribution in [1.82, 2.24) is 24.9 Å². The lowest BCUT2D eigenvalue weighted by Crippen LogP contribution is -2.53. The van der Waals surface area contributed by atoms with Gasteiger partial charge in [0.15, 0.2) is 0 Å². The van der Waals surface area contributed by atoms with Crippen molar-refractivity contribution in [1.29, 1.82) is 0 Å². The molecule has 0 radical (unpaired) electrons. The number of pyridine rings is 1. The molecule has 2 aliphatic heterocycles. The van der Waals surface area contributed by atoms with Crippen LogP contribution in [0, 0.1) is 6.92 Å². The number of rotatable bonds is 2. The van der Waals surface area contributed by atoms with Crippen molar-refractivity contribution in [3.63, 3.8) is 0 Å². The molecule has 3 amide bonds. The molecule has 4 heterocycles. The Kier molecular flexibility index (Phi) is 3.57. The number of aryl methyl sites for hydroxylation is 1. The van der Waals surface area contributed by atoms with Gasteiger partial charge in [0, 0.05) is 12.3 Å². The van der Waals surface area contributed by atoms with Crippen LogP contribution in [0.25, 0.3) is 5.65 Å². The average Bonchev–Trinajstić information content (AvgIpc) is 2.81. The highest BCUT2D eigenvalue weighted by atomic mass is 16.2. The summed E-state index contributed by atoms with van der Waals surface area (Å²) in [6, 6.07) is 4.60. The Bertz CT molecular complexity index is 930. The molecule has 8 heteroatoms. The second kappa shape index (κ2) is 5.66. The van der Waals surface area contributed by atoms with Gasteiger partial charge >= 0.3 is 6.03 Å². The second-order valence-electron chi connectivity index (χ2n) is 6.62. The summed E-state index contributed by atoms with van der Waals surface area (Å²) in [6.07, 6.45) is 2.79. The molecule has 2 aromatic heterocycles. The summed E-state index contributed by atoms with van der Waals surface area (Å²) in [6.45, 7) is 3.24. The molecule has 2 N–H and O–H groups in total. The second-order valence-corrected chi connectivity index (χ2v) is 6.62. The van der Waals surface area contributed by atoms with Gasteiger partial charge in [-0.2, -0.15) is 0 Å². The summed E-state index contributed by atoms with van der Waals surface area (Å²) in [7, 11) is 0. The number of piperidine rings is 1. The minimum Gasteiger partial charge on any atom is -0.323 e. The Hall–Kier alpha value is -2.74. The van der Waals surface area contributed by atoms with E-state index in [-0.39, 0.29) is 18.0 Å². The number of nitrogens with one attached hydrogen (secondary N) is 2. The van der Waals surface area contributed by atoms with Crippen molar-refractivity contribution in [2.24, 2.45) is 0 Å². The summed E-state index contributed by atoms with van der Waals surface area (Å²) in [5.41, 5.74) is 0.757. The maximum atomic E-state index is 12.8. The van der Waals surface area contributed by atoms with E-state index in [1.54, 1.807) is 12.3 Å². The van der Waals surface area contributed by atoms with Crippen LogP contribution in [-0.2, 0) is 11.3 Å². The zero-order valence-corrected chi connectivity index (χ0v) is 13.9. The molecule has 4 rings (SSSR count). The Morgan fingerprint density at radius 3 is 2.76 bits per heavy atom. The molecule has 130 valence electrons. The Balaban J connectivity index is 1.67. The number of nitrogens with zero attached hydrogens (tertiary/aromatic N) is 3. The Morgan fingerprint density at radius 1 is 1.24 bits per heavy atom. The number of imide groups is 1. The Morgan fingerprint density at radius 2 is 2.00 bits per heavy atom. The third-order valence-electron chi connectivity index (χ3n) is 4.96. The molecule has 0 unspecified atom stereocenters. The largest absolute Gasteiger partial charge is 0.325 e. The summed E-state index contributed by atoms with van der Waals surface area (Å²) in [4.78, 5) is 43.1. The minimum atomic E-state index is -0.815. The molecular weight excluding hydrogens is 322 g/mol. The van der Waals surface area contributed by atoms with E-state index in [9.17, 15) is 14.4 Å². The summed E-state index contributed by atoms with van der Waals surface area (Å²) in [5.74, 6) is -0.231. The van der Waals surface area contributed by atoms with E-state index < -0.39 is 11.6 Å². The lowest BCUT2D eigenvalue weighted by Gasteiger charge is -2.31. The highest BCUT2D eigenvalue weighted by Crippen LogP contribution is 2.27. The van der Waals surface area contributed by atoms with Crippen molar-refractivity contribution in [3.05, 3.63) is 46.0 Å². The monoisotopic (exact) mass is 341 g/mol. The van der Waals surface area contributed by atoms with Gasteiger partial charge in [-0.1, -0.05) is 6.07 Å². The number of aromatic nitrogens is 2. The molecule has 8 nitrogen and oxygen atoms in total. The average molecular weight is 341 g/mol. The van der Waals surface area contributed by atoms with Gasteiger partial charge < -0.3 is 10.6 Å². The van der Waals surface area contributed by atoms with Crippen LogP contribution in [0.2, 0.25) is 0 Å². The van der Waals surface area contributed by atoms with Gasteiger partial charge in [-0.15, -0.1) is 0 Å². The molecule has 0 saturated carbocycles. The highest BCUT2D eigenvalue weighted by Gasteiger charge is 2.51. The number of amides is 3. The SMILES string of the molecule is Cc1cccn2c(=O)cc(CN3C(=O)NC4(CCNCC4)C3=O)nc12. The van der Waals surface area contributed by atoms with Gasteiger partial charge in [-0.25, -0.2) is 9.78 Å². The molecule has 0 atom stereocenters. The molecule has 2 aromatic rings. The van der Waals surface area contributed by atoms with Crippen LogP contribution >= 0.6 is 0 Å². The van der Waals surface area contributed by atoms with Crippen molar-refractivity contribution >= 4 is 17.6 Å². The zero-order chi connectivity index (χ0) is 17.6. The standard InChI is InChI=1S/C17H19N5O3/c1-11-3-2-8-21-13(23)9-12(19-14(11)21)10-22-15(24)17(20-16(22)25)4-6-18-7-5-17/h2-3,8-9,18H,4-7,10H2,1H3,(H,20,25). The van der Waals surface area contributed by atoms with Crippen molar-refractivity contribution in [3.8, 4) is 0 Å². The van der Waals surface area contributed by atoms with Crippen molar-refractivity contribution in [2.45, 2.75) is 31.8 Å². The number of hydrogen-bond acceptors (Lipinski definition) is 5. The van der Waals surface area contributed by atoms with E-state index in [0.717, 1.165) is 5.56 Å². The van der Waals surface area contributed by atoms with Crippen LogP contribution in [0.3, 0.4) is 0 Å². The first kappa shape index (κ1) is 15.8. The minimum absolute atomic E-state index is 0.0000798. The van der Waals surface area contributed by atoms with Gasteiger partial charge in [0.1, 0.15) is 11.2 Å². The van der Waals surface area contributed by atoms with E-state index >= 15 is 0 Å². The van der Waals surface area contributed by atoms with Crippen LogP contribution in [0.4, 0.5) is 4.79 Å². The van der Waals surface area contributed by atoms with Gasteiger partial charge in [-0.05, 0) is 44.5 Å². The normalized spacial score (nSPS) is 19.6. The smallest absolute Gasteiger partial charge is 0.323 e. The zero-order valence-electron chi connectivity index (χ0n) is 13.9. The fourth-order valence-corrected chi connectivity index (χ4v) is 3.56. The molecule has 0 bridgehead atoms. The molecule has 0 aromatic carbocycles. The number of fused-ring (bicyclic) bond motifs is 1. The number of carbonyl (C=O) groups is 2. The quantitative estimate of drug-likeness (QED) is 0.760. The van der Waals surface area contributed by atoms with E-state index in [0.29, 0.717) is 37.3 Å². The predicted molar refractivity (Wildman–Crippen MR) is 90.1 cm³/mol. The first-order chi connectivity index (χ1) is 12.0. The summed E-state index contributed by atoms with van der Waals surface area (Å²) in [5, 5.41) is 6.03. The van der Waals surface area contributed by atoms with Crippen LogP contribution in [0.15, 0.2) is 29.2 Å². The van der Waals surface area contributed by atoms with Gasteiger partial charge in [0.25, 0.3) is 11.5 Å². The molecule has 0 aliphatic carbocycles. The number of urea groups is 1. The fourth-order valence-electron chi connectivity index (χ4n) is 3.56. The third-order valence-corrected chi connectivity index (χ3v) is 4.96. The first-order valence-electron chi connectivity index (χ1n) is 8.33. The molecule has 2 aliphatic rings. The van der Waals surface area contributed by atoms with Crippen LogP contribution in [0.1, 0.15) is 24.1 Å². The summed E-state index contributed by atoms with van der Waals surface area (Å²) >= 11 is 0. The molecule has 2 saturated heterocycles. The van der Waals surface area contributed by atoms with Crippen LogP contribution < -0.4 is 16.2 Å². The topological polar surface area (TPSA) is 95.8 Å². The van der Waals surface area contributed by atoms with Crippen LogP contribution in [-0.4, -0.2) is 44.9 Å². The van der Waals surface area contributed by atoms with Gasteiger partial charge in [0.05, 0.1) is 12.2 Å². The fraction of sp³-hybridized carbons (Fsp3) is 0.412. The first-order valence-corrected chi connectivity index (χ1v) is 8.33. The maximum Gasteiger partial charge on any atom is 0.325 e. The predicted octanol–water partition coefficient (Wildman–Crippen LogP) is 0.177. The third kappa shape index (κ3) is 2.49. The Labute approximate surface area is 143 Å². The van der Waals surface area contributed by atoms with E-state index in [1.165, 1.54) is 15.4 Å². The van der Waals surface area contributed by atoms with E-state index in [2.05, 4.69) is 15.6 Å². The molecule has 25 heavy (non-hydrogen) atoms. The van der Waals surface area contributed by atoms with E-state index in [4.69, 9.17) is 0 Å². The lowest BCUT2D eigenvalue weighted by molar-refractivity contribution is -0.132. The van der Waals surface area contributed by atoms with Gasteiger partial charge in [0.2, 0.25) is 0 Å². The number of carbonyl (C=O) groups excluding carboxylic acids is 2. The lowest BCUT2D eigenvalue weighted by atomic mass is 9.88. The number of hydrogen-bond donors (Lipinski definition) is 2. The van der Waals surface area contributed by atoms with Crippen molar-refractivity contribution in [2.75, 3.05) is 13.1 Å². The maximum absolute atomic E-state index is 12.8. The molecule has 1 spiro atoms. The molecule has 2 fully saturated rings. The molecular formula is C17H19N5O3. The van der Waals surface area contributed by atoms with Crippen LogP contribution in [0.5, 0.6) is 0 Å². The summed E-state index contributed by atoms with van der Waals surface area (Å²) < 4.78 is 1.46. The van der Waals surface area contributed by atoms with Gasteiger partial charge in [-0.3, -0.25) is 18.9 Å².